The van der Waals surface area contributed by atoms with Gasteiger partial charge in [-0.05, 0) is 51.1 Å². The van der Waals surface area contributed by atoms with Crippen LogP contribution in [0.15, 0.2) is 77.2 Å². The molecular weight excluding hydrogens is 418 g/mol. The third-order valence-electron chi connectivity index (χ3n) is 5.56. The van der Waals surface area contributed by atoms with Crippen molar-refractivity contribution in [3.8, 4) is 5.69 Å². The first-order valence-corrected chi connectivity index (χ1v) is 11.4. The van der Waals surface area contributed by atoms with Crippen molar-refractivity contribution in [2.45, 2.75) is 32.5 Å². The number of hydrogen-bond donors (Lipinski definition) is 0. The molecule has 0 saturated carbocycles. The number of aryl methyl sites for hydroxylation is 2. The fraction of sp³-hybridized carbons (Fsp3) is 0.192. The molecule has 32 heavy (non-hydrogen) atoms. The summed E-state index contributed by atoms with van der Waals surface area (Å²) in [6.07, 6.45) is 1.82. The minimum absolute atomic E-state index is 0.0104. The number of fused-ring (bicyclic) bond motifs is 1. The van der Waals surface area contributed by atoms with Gasteiger partial charge in [0.05, 0.1) is 22.3 Å². The second kappa shape index (κ2) is 9.01. The van der Waals surface area contributed by atoms with Crippen LogP contribution < -0.4 is 5.56 Å². The molecule has 0 spiro atoms. The van der Waals surface area contributed by atoms with E-state index in [4.69, 9.17) is 4.98 Å². The van der Waals surface area contributed by atoms with Gasteiger partial charge in [-0.15, -0.1) is 6.58 Å². The van der Waals surface area contributed by atoms with Crippen LogP contribution in [0.2, 0.25) is 0 Å². The quantitative estimate of drug-likeness (QED) is 0.169. The molecule has 0 unspecified atom stereocenters. The Morgan fingerprint density at radius 1 is 1.09 bits per heavy atom. The molecule has 0 N–H and O–H groups in total. The van der Waals surface area contributed by atoms with E-state index in [1.807, 2.05) is 75.4 Å². The van der Waals surface area contributed by atoms with Crippen LogP contribution in [0.25, 0.3) is 16.6 Å². The van der Waals surface area contributed by atoms with Crippen molar-refractivity contribution in [3.63, 3.8) is 0 Å². The Labute approximate surface area is 191 Å². The van der Waals surface area contributed by atoms with E-state index in [1.165, 1.54) is 11.8 Å². The molecule has 4 rings (SSSR count). The molecule has 0 fully saturated rings. The van der Waals surface area contributed by atoms with Gasteiger partial charge in [0.25, 0.3) is 5.56 Å². The molecule has 0 aliphatic heterocycles. The van der Waals surface area contributed by atoms with E-state index in [0.717, 1.165) is 22.6 Å². The van der Waals surface area contributed by atoms with Crippen LogP contribution in [0, 0.1) is 20.8 Å². The van der Waals surface area contributed by atoms with Gasteiger partial charge in [-0.25, -0.2) is 4.98 Å². The number of hydrogen-bond acceptors (Lipinski definition) is 4. The van der Waals surface area contributed by atoms with Crippen LogP contribution in [-0.2, 0) is 6.54 Å². The summed E-state index contributed by atoms with van der Waals surface area (Å²) < 4.78 is 3.67. The first kappa shape index (κ1) is 21.8. The fourth-order valence-electron chi connectivity index (χ4n) is 3.83. The van der Waals surface area contributed by atoms with Crippen LogP contribution >= 0.6 is 11.8 Å². The van der Waals surface area contributed by atoms with E-state index in [9.17, 15) is 9.59 Å². The van der Waals surface area contributed by atoms with Gasteiger partial charge in [-0.2, -0.15) is 0 Å². The zero-order chi connectivity index (χ0) is 22.8. The second-order valence-corrected chi connectivity index (χ2v) is 8.73. The molecule has 2 heterocycles. The number of carbonyl (C=O) groups excluding carboxylic acids is 1. The molecule has 2 aromatic heterocycles. The number of rotatable bonds is 7. The van der Waals surface area contributed by atoms with Gasteiger partial charge in [0.1, 0.15) is 0 Å². The molecule has 2 aromatic carbocycles. The Morgan fingerprint density at radius 2 is 1.81 bits per heavy atom. The van der Waals surface area contributed by atoms with Crippen molar-refractivity contribution >= 4 is 28.4 Å². The number of Topliss-reactive ketones (excluding diaryl/α,β-unsaturated/α-hetero) is 1. The highest BCUT2D eigenvalue weighted by atomic mass is 32.2. The summed E-state index contributed by atoms with van der Waals surface area (Å²) in [6, 6.07) is 17.0. The van der Waals surface area contributed by atoms with E-state index >= 15 is 0 Å². The second-order valence-electron chi connectivity index (χ2n) is 7.78. The van der Waals surface area contributed by atoms with E-state index in [-0.39, 0.29) is 17.1 Å². The maximum atomic E-state index is 13.3. The summed E-state index contributed by atoms with van der Waals surface area (Å²) >= 11 is 1.29. The Morgan fingerprint density at radius 3 is 2.53 bits per heavy atom. The summed E-state index contributed by atoms with van der Waals surface area (Å²) in [5.74, 6) is 0.200. The third-order valence-corrected chi connectivity index (χ3v) is 6.49. The van der Waals surface area contributed by atoms with Crippen molar-refractivity contribution in [1.29, 1.82) is 0 Å². The van der Waals surface area contributed by atoms with Crippen LogP contribution in [0.4, 0.5) is 0 Å². The zero-order valence-corrected chi connectivity index (χ0v) is 19.3. The highest BCUT2D eigenvalue weighted by Crippen LogP contribution is 2.24. The molecule has 5 nitrogen and oxygen atoms in total. The molecule has 4 aromatic rings. The number of thioether (sulfide) groups is 1. The summed E-state index contributed by atoms with van der Waals surface area (Å²) in [4.78, 5) is 31.1. The van der Waals surface area contributed by atoms with E-state index in [1.54, 1.807) is 10.6 Å². The molecule has 0 radical (unpaired) electrons. The predicted octanol–water partition coefficient (Wildman–Crippen LogP) is 5.27. The van der Waals surface area contributed by atoms with Crippen LogP contribution in [0.1, 0.15) is 27.3 Å². The van der Waals surface area contributed by atoms with Gasteiger partial charge < -0.3 is 4.57 Å². The van der Waals surface area contributed by atoms with Gasteiger partial charge in [0.2, 0.25) is 0 Å². The van der Waals surface area contributed by atoms with Crippen molar-refractivity contribution < 1.29 is 4.79 Å². The zero-order valence-electron chi connectivity index (χ0n) is 18.5. The molecule has 0 aliphatic carbocycles. The predicted molar refractivity (Wildman–Crippen MR) is 131 cm³/mol. The van der Waals surface area contributed by atoms with E-state index in [2.05, 4.69) is 11.1 Å². The van der Waals surface area contributed by atoms with E-state index in [0.29, 0.717) is 28.2 Å². The summed E-state index contributed by atoms with van der Waals surface area (Å²) in [7, 11) is 0. The lowest BCUT2D eigenvalue weighted by Crippen LogP contribution is -2.22. The summed E-state index contributed by atoms with van der Waals surface area (Å²) in [5.41, 5.74) is 4.97. The number of allylic oxidation sites excluding steroid dienone is 1. The van der Waals surface area contributed by atoms with Gasteiger partial charge in [-0.1, -0.05) is 47.7 Å². The van der Waals surface area contributed by atoms with Crippen molar-refractivity contribution in [1.82, 2.24) is 14.1 Å². The molecule has 162 valence electrons. The average molecular weight is 444 g/mol. The summed E-state index contributed by atoms with van der Waals surface area (Å²) in [6.45, 7) is 10.4. The fourth-order valence-corrected chi connectivity index (χ4v) is 4.73. The van der Waals surface area contributed by atoms with E-state index < -0.39 is 0 Å². The minimum atomic E-state index is -0.140. The first-order valence-electron chi connectivity index (χ1n) is 10.4. The van der Waals surface area contributed by atoms with Gasteiger partial charge in [-0.3, -0.25) is 14.2 Å². The molecule has 6 heteroatoms. The Bertz CT molecular complexity index is 1380. The molecule has 0 atom stereocenters. The lowest BCUT2D eigenvalue weighted by atomic mass is 10.2. The Balaban J connectivity index is 1.73. The number of ketones is 1. The smallest absolute Gasteiger partial charge is 0.266 e. The SMILES string of the molecule is C=CCn1c(C)cc(C(=O)CSc2nc3ccccc3c(=O)n2-c2ccc(C)cc2)c1C. The lowest BCUT2D eigenvalue weighted by Gasteiger charge is -2.13. The highest BCUT2D eigenvalue weighted by molar-refractivity contribution is 7.99. The minimum Gasteiger partial charge on any atom is -0.345 e. The van der Waals surface area contributed by atoms with Crippen molar-refractivity contribution in [2.24, 2.45) is 0 Å². The van der Waals surface area contributed by atoms with Gasteiger partial charge in [0, 0.05) is 23.5 Å². The van der Waals surface area contributed by atoms with Crippen molar-refractivity contribution in [2.75, 3.05) is 5.75 Å². The molecular formula is C26H25N3O2S. The Kier molecular flexibility index (Phi) is 6.15. The average Bonchev–Trinajstić information content (AvgIpc) is 3.07. The van der Waals surface area contributed by atoms with Crippen LogP contribution in [0.3, 0.4) is 0 Å². The normalized spacial score (nSPS) is 11.1. The van der Waals surface area contributed by atoms with Gasteiger partial charge in [0.15, 0.2) is 10.9 Å². The topological polar surface area (TPSA) is 56.9 Å². The molecule has 0 amide bonds. The molecule has 0 saturated heterocycles. The largest absolute Gasteiger partial charge is 0.345 e. The number of carbonyl (C=O) groups is 1. The number of aromatic nitrogens is 3. The molecule has 0 aliphatic rings. The van der Waals surface area contributed by atoms with Gasteiger partial charge >= 0.3 is 0 Å². The third kappa shape index (κ3) is 4.06. The lowest BCUT2D eigenvalue weighted by molar-refractivity contribution is 0.102. The monoisotopic (exact) mass is 443 g/mol. The highest BCUT2D eigenvalue weighted by Gasteiger charge is 2.18. The van der Waals surface area contributed by atoms with Crippen LogP contribution in [0.5, 0.6) is 0 Å². The van der Waals surface area contributed by atoms with Crippen molar-refractivity contribution in [3.05, 3.63) is 100 Å². The number of nitrogens with zero attached hydrogens (tertiary/aromatic N) is 3. The maximum Gasteiger partial charge on any atom is 0.266 e. The summed E-state index contributed by atoms with van der Waals surface area (Å²) in [5, 5.41) is 1.06. The maximum absolute atomic E-state index is 13.3. The number of para-hydroxylation sites is 1. The molecule has 0 bridgehead atoms. The Hall–Kier alpha value is -3.38. The van der Waals surface area contributed by atoms with Crippen LogP contribution in [-0.4, -0.2) is 25.7 Å². The first-order chi connectivity index (χ1) is 15.4. The number of benzene rings is 2. The standard InChI is InChI=1S/C26H25N3O2S/c1-5-14-28-18(3)15-22(19(28)4)24(30)16-32-26-27-23-9-7-6-8-21(23)25(31)29(26)20-12-10-17(2)11-13-20/h5-13,15H,1,14,16H2,2-4H3.